The van der Waals surface area contributed by atoms with Crippen LogP contribution in [0.2, 0.25) is 0 Å². The van der Waals surface area contributed by atoms with Gasteiger partial charge in [0, 0.05) is 6.54 Å². The van der Waals surface area contributed by atoms with Crippen LogP contribution < -0.4 is 5.32 Å². The van der Waals surface area contributed by atoms with E-state index in [1.807, 2.05) is 0 Å². The van der Waals surface area contributed by atoms with Gasteiger partial charge in [0.1, 0.15) is 0 Å². The van der Waals surface area contributed by atoms with Crippen LogP contribution in [0.15, 0.2) is 18.2 Å². The number of rotatable bonds is 1. The quantitative estimate of drug-likeness (QED) is 0.729. The number of hydrogen-bond donors (Lipinski definition) is 1. The van der Waals surface area contributed by atoms with Crippen LogP contribution in [0.4, 0.5) is 8.78 Å². The van der Waals surface area contributed by atoms with Crippen molar-refractivity contribution in [3.8, 4) is 0 Å². The summed E-state index contributed by atoms with van der Waals surface area (Å²) in [4.78, 5) is 0. The Kier molecular flexibility index (Phi) is 2.77. The largest absolute Gasteiger partial charge is 0.316 e. The van der Waals surface area contributed by atoms with Crippen molar-refractivity contribution in [1.29, 1.82) is 0 Å². The minimum Gasteiger partial charge on any atom is -0.316 e. The molecule has 1 nitrogen and oxygen atoms in total. The number of halogens is 2. The van der Waals surface area contributed by atoms with E-state index in [9.17, 15) is 8.78 Å². The van der Waals surface area contributed by atoms with E-state index in [4.69, 9.17) is 0 Å². The molecule has 0 unspecified atom stereocenters. The third-order valence-electron chi connectivity index (χ3n) is 2.72. The van der Waals surface area contributed by atoms with E-state index < -0.39 is 11.6 Å². The second-order valence-electron chi connectivity index (χ2n) is 3.69. The summed E-state index contributed by atoms with van der Waals surface area (Å²) >= 11 is 0. The molecule has 0 saturated carbocycles. The van der Waals surface area contributed by atoms with E-state index >= 15 is 0 Å². The zero-order chi connectivity index (χ0) is 9.97. The normalized spacial score (nSPS) is 22.3. The molecule has 0 radical (unpaired) electrons. The van der Waals surface area contributed by atoms with E-state index in [2.05, 4.69) is 5.32 Å². The van der Waals surface area contributed by atoms with Crippen molar-refractivity contribution < 1.29 is 8.78 Å². The Morgan fingerprint density at radius 1 is 1.29 bits per heavy atom. The Hall–Kier alpha value is -0.960. The highest BCUT2D eigenvalue weighted by Gasteiger charge is 2.19. The average Bonchev–Trinajstić information content (AvgIpc) is 2.23. The maximum atomic E-state index is 13.4. The fourth-order valence-electron chi connectivity index (χ4n) is 1.95. The van der Waals surface area contributed by atoms with Gasteiger partial charge in [0.2, 0.25) is 0 Å². The van der Waals surface area contributed by atoms with Gasteiger partial charge >= 0.3 is 0 Å². The minimum absolute atomic E-state index is 0.124. The molecule has 1 aromatic rings. The highest BCUT2D eigenvalue weighted by atomic mass is 19.2. The second-order valence-corrected chi connectivity index (χ2v) is 3.69. The van der Waals surface area contributed by atoms with Gasteiger partial charge in [0.15, 0.2) is 11.6 Å². The van der Waals surface area contributed by atoms with Gasteiger partial charge in [-0.2, -0.15) is 0 Å². The van der Waals surface area contributed by atoms with Gasteiger partial charge in [-0.25, -0.2) is 8.78 Å². The summed E-state index contributed by atoms with van der Waals surface area (Å²) in [6.07, 6.45) is 1.97. The van der Waals surface area contributed by atoms with E-state index in [0.717, 1.165) is 32.0 Å². The molecule has 0 aromatic heterocycles. The fraction of sp³-hybridized carbons (Fsp3) is 0.455. The molecule has 0 bridgehead atoms. The lowest BCUT2D eigenvalue weighted by atomic mass is 9.91. The number of benzene rings is 1. The van der Waals surface area contributed by atoms with Crippen molar-refractivity contribution in [3.05, 3.63) is 35.4 Å². The number of hydrogen-bond acceptors (Lipinski definition) is 1. The standard InChI is InChI=1S/C11H13F2N/c12-10-5-1-4-9(11(10)13)8-3-2-6-14-7-8/h1,4-5,8,14H,2-3,6-7H2/t8-/m0/s1. The molecule has 1 aliphatic rings. The summed E-state index contributed by atoms with van der Waals surface area (Å²) in [5.41, 5.74) is 0.511. The van der Waals surface area contributed by atoms with Crippen molar-refractivity contribution in [2.45, 2.75) is 18.8 Å². The van der Waals surface area contributed by atoms with Gasteiger partial charge in [-0.1, -0.05) is 12.1 Å². The van der Waals surface area contributed by atoms with Crippen LogP contribution in [0.3, 0.4) is 0 Å². The Bertz CT molecular complexity index is 319. The van der Waals surface area contributed by atoms with Crippen LogP contribution >= 0.6 is 0 Å². The molecule has 1 atom stereocenters. The highest BCUT2D eigenvalue weighted by Crippen LogP contribution is 2.26. The van der Waals surface area contributed by atoms with Crippen LogP contribution in [0.1, 0.15) is 24.3 Å². The van der Waals surface area contributed by atoms with Crippen molar-refractivity contribution in [3.63, 3.8) is 0 Å². The van der Waals surface area contributed by atoms with Gasteiger partial charge < -0.3 is 5.32 Å². The summed E-state index contributed by atoms with van der Waals surface area (Å²) in [5.74, 6) is -1.30. The molecule has 1 heterocycles. The predicted octanol–water partition coefficient (Wildman–Crippen LogP) is 2.43. The van der Waals surface area contributed by atoms with Crippen molar-refractivity contribution in [2.24, 2.45) is 0 Å². The SMILES string of the molecule is Fc1cccc([C@H]2CCCNC2)c1F. The van der Waals surface area contributed by atoms with Crippen LogP contribution in [0.5, 0.6) is 0 Å². The monoisotopic (exact) mass is 197 g/mol. The van der Waals surface area contributed by atoms with E-state index in [0.29, 0.717) is 5.56 Å². The minimum atomic E-state index is -0.743. The molecule has 0 spiro atoms. The van der Waals surface area contributed by atoms with E-state index in [-0.39, 0.29) is 5.92 Å². The number of nitrogens with one attached hydrogen (secondary N) is 1. The Morgan fingerprint density at radius 2 is 2.14 bits per heavy atom. The summed E-state index contributed by atoms with van der Waals surface area (Å²) in [5, 5.41) is 3.19. The van der Waals surface area contributed by atoms with Crippen molar-refractivity contribution in [2.75, 3.05) is 13.1 Å². The first kappa shape index (κ1) is 9.59. The molecule has 1 aromatic carbocycles. The summed E-state index contributed by atoms with van der Waals surface area (Å²) in [6.45, 7) is 1.73. The van der Waals surface area contributed by atoms with Crippen LogP contribution in [-0.4, -0.2) is 13.1 Å². The second kappa shape index (κ2) is 4.05. The zero-order valence-corrected chi connectivity index (χ0v) is 7.89. The lowest BCUT2D eigenvalue weighted by molar-refractivity contribution is 0.431. The molecular weight excluding hydrogens is 184 g/mol. The molecule has 3 heteroatoms. The Labute approximate surface area is 82.1 Å². The molecule has 1 N–H and O–H groups in total. The van der Waals surface area contributed by atoms with Gasteiger partial charge in [0.05, 0.1) is 0 Å². The lowest BCUT2D eigenvalue weighted by Crippen LogP contribution is -2.28. The molecule has 2 rings (SSSR count). The molecular formula is C11H13F2N. The smallest absolute Gasteiger partial charge is 0.162 e. The highest BCUT2D eigenvalue weighted by molar-refractivity contribution is 5.23. The van der Waals surface area contributed by atoms with Crippen molar-refractivity contribution in [1.82, 2.24) is 5.32 Å². The third-order valence-corrected chi connectivity index (χ3v) is 2.72. The molecule has 1 fully saturated rings. The Balaban J connectivity index is 2.26. The number of piperidine rings is 1. The van der Waals surface area contributed by atoms with Gasteiger partial charge in [-0.3, -0.25) is 0 Å². The zero-order valence-electron chi connectivity index (χ0n) is 7.89. The van der Waals surface area contributed by atoms with Crippen LogP contribution in [0.25, 0.3) is 0 Å². The maximum absolute atomic E-state index is 13.4. The topological polar surface area (TPSA) is 12.0 Å². The van der Waals surface area contributed by atoms with Gasteiger partial charge in [0.25, 0.3) is 0 Å². The summed E-state index contributed by atoms with van der Waals surface area (Å²) < 4.78 is 26.3. The predicted molar refractivity (Wildman–Crippen MR) is 51.2 cm³/mol. The van der Waals surface area contributed by atoms with Gasteiger partial charge in [-0.05, 0) is 36.9 Å². The van der Waals surface area contributed by atoms with Crippen molar-refractivity contribution >= 4 is 0 Å². The summed E-state index contributed by atoms with van der Waals surface area (Å²) in [6, 6.07) is 4.41. The molecule has 1 aliphatic heterocycles. The third kappa shape index (κ3) is 1.77. The first-order valence-electron chi connectivity index (χ1n) is 4.93. The molecule has 1 saturated heterocycles. The molecule has 14 heavy (non-hydrogen) atoms. The van der Waals surface area contributed by atoms with E-state index in [1.165, 1.54) is 0 Å². The lowest BCUT2D eigenvalue weighted by Gasteiger charge is -2.23. The molecule has 76 valence electrons. The average molecular weight is 197 g/mol. The van der Waals surface area contributed by atoms with E-state index in [1.54, 1.807) is 12.1 Å². The first-order chi connectivity index (χ1) is 6.79. The van der Waals surface area contributed by atoms with Crippen LogP contribution in [-0.2, 0) is 0 Å². The van der Waals surface area contributed by atoms with Crippen LogP contribution in [0, 0.1) is 11.6 Å². The fourth-order valence-corrected chi connectivity index (χ4v) is 1.95. The maximum Gasteiger partial charge on any atom is 0.162 e. The first-order valence-corrected chi connectivity index (χ1v) is 4.93. The molecule has 0 aliphatic carbocycles. The molecule has 0 amide bonds. The summed E-state index contributed by atoms with van der Waals surface area (Å²) in [7, 11) is 0. The Morgan fingerprint density at radius 3 is 2.86 bits per heavy atom. The van der Waals surface area contributed by atoms with Gasteiger partial charge in [-0.15, -0.1) is 0 Å².